The van der Waals surface area contributed by atoms with E-state index >= 15 is 0 Å². The van der Waals surface area contributed by atoms with Crippen LogP contribution in [-0.2, 0) is 14.4 Å². The van der Waals surface area contributed by atoms with Crippen molar-refractivity contribution in [3.63, 3.8) is 0 Å². The number of carbonyl (C=O) groups is 3. The van der Waals surface area contributed by atoms with E-state index in [1.807, 2.05) is 25.1 Å². The zero-order valence-corrected chi connectivity index (χ0v) is 18.8. The standard InChI is InChI=1S/C23H24BrN3O4/c1-3-10-25-23(30)16-12-22(29)27(13-16)17-5-7-18(8-6-17)31-14-21(28)26-20-9-4-15(2)11-19(20)24/h3-9,11,16H,1,10,12-14H2,2H3,(H,25,30)(H,26,28)/t16-/m1/s1. The van der Waals surface area contributed by atoms with Gasteiger partial charge in [0, 0.05) is 29.7 Å². The molecule has 0 saturated carbocycles. The van der Waals surface area contributed by atoms with E-state index < -0.39 is 0 Å². The number of hydrogen-bond donors (Lipinski definition) is 2. The van der Waals surface area contributed by atoms with Crippen molar-refractivity contribution in [2.24, 2.45) is 5.92 Å². The van der Waals surface area contributed by atoms with Crippen molar-refractivity contribution < 1.29 is 19.1 Å². The molecule has 2 aromatic rings. The molecule has 1 fully saturated rings. The van der Waals surface area contributed by atoms with Crippen molar-refractivity contribution in [3.8, 4) is 5.75 Å². The molecule has 162 valence electrons. The van der Waals surface area contributed by atoms with Gasteiger partial charge in [0.1, 0.15) is 5.75 Å². The first-order chi connectivity index (χ1) is 14.9. The lowest BCUT2D eigenvalue weighted by atomic mass is 10.1. The monoisotopic (exact) mass is 485 g/mol. The van der Waals surface area contributed by atoms with Crippen LogP contribution in [0.25, 0.3) is 0 Å². The van der Waals surface area contributed by atoms with E-state index in [0.717, 1.165) is 10.0 Å². The summed E-state index contributed by atoms with van der Waals surface area (Å²) in [6.07, 6.45) is 1.78. The van der Waals surface area contributed by atoms with Crippen LogP contribution in [0.4, 0.5) is 11.4 Å². The van der Waals surface area contributed by atoms with E-state index in [1.165, 1.54) is 0 Å². The molecule has 0 aliphatic carbocycles. The first-order valence-electron chi connectivity index (χ1n) is 9.85. The van der Waals surface area contributed by atoms with Gasteiger partial charge in [-0.1, -0.05) is 12.1 Å². The minimum atomic E-state index is -0.381. The molecule has 1 atom stereocenters. The predicted octanol–water partition coefficient (Wildman–Crippen LogP) is 3.43. The molecule has 1 saturated heterocycles. The third-order valence-electron chi connectivity index (χ3n) is 4.83. The fourth-order valence-corrected chi connectivity index (χ4v) is 3.82. The molecule has 3 amide bonds. The molecule has 7 nitrogen and oxygen atoms in total. The van der Waals surface area contributed by atoms with Gasteiger partial charge in [0.25, 0.3) is 5.91 Å². The second kappa shape index (κ2) is 10.3. The van der Waals surface area contributed by atoms with Gasteiger partial charge in [-0.15, -0.1) is 6.58 Å². The second-order valence-electron chi connectivity index (χ2n) is 7.25. The minimum absolute atomic E-state index is 0.101. The molecule has 1 aliphatic heterocycles. The lowest BCUT2D eigenvalue weighted by Gasteiger charge is -2.17. The maximum atomic E-state index is 12.3. The number of anilines is 2. The van der Waals surface area contributed by atoms with Crippen molar-refractivity contribution in [2.75, 3.05) is 29.9 Å². The third-order valence-corrected chi connectivity index (χ3v) is 5.49. The maximum absolute atomic E-state index is 12.3. The zero-order valence-electron chi connectivity index (χ0n) is 17.2. The van der Waals surface area contributed by atoms with Crippen molar-refractivity contribution in [1.82, 2.24) is 5.32 Å². The van der Waals surface area contributed by atoms with Gasteiger partial charge >= 0.3 is 0 Å². The van der Waals surface area contributed by atoms with Gasteiger partial charge in [0.05, 0.1) is 11.6 Å². The van der Waals surface area contributed by atoms with Crippen LogP contribution in [0.3, 0.4) is 0 Å². The van der Waals surface area contributed by atoms with Crippen LogP contribution in [-0.4, -0.2) is 37.4 Å². The fraction of sp³-hybridized carbons (Fsp3) is 0.261. The van der Waals surface area contributed by atoms with Gasteiger partial charge < -0.3 is 20.3 Å². The Morgan fingerprint density at radius 3 is 2.68 bits per heavy atom. The average Bonchev–Trinajstić information content (AvgIpc) is 3.14. The Hall–Kier alpha value is -3.13. The molecule has 2 aromatic carbocycles. The Morgan fingerprint density at radius 2 is 2.00 bits per heavy atom. The number of ether oxygens (including phenoxy) is 1. The molecule has 0 radical (unpaired) electrons. The van der Waals surface area contributed by atoms with E-state index in [1.54, 1.807) is 35.2 Å². The summed E-state index contributed by atoms with van der Waals surface area (Å²) in [5.74, 6) is -0.406. The molecule has 1 aliphatic rings. The molecule has 0 aromatic heterocycles. The van der Waals surface area contributed by atoms with Crippen molar-refractivity contribution >= 4 is 45.0 Å². The highest BCUT2D eigenvalue weighted by atomic mass is 79.9. The summed E-state index contributed by atoms with van der Waals surface area (Å²) >= 11 is 3.42. The van der Waals surface area contributed by atoms with Crippen molar-refractivity contribution in [2.45, 2.75) is 13.3 Å². The summed E-state index contributed by atoms with van der Waals surface area (Å²) in [4.78, 5) is 38.2. The maximum Gasteiger partial charge on any atom is 0.262 e. The molecule has 0 unspecified atom stereocenters. The number of nitrogens with one attached hydrogen (secondary N) is 2. The number of rotatable bonds is 8. The zero-order chi connectivity index (χ0) is 22.4. The van der Waals surface area contributed by atoms with Gasteiger partial charge in [-0.05, 0) is 64.8 Å². The van der Waals surface area contributed by atoms with Crippen LogP contribution in [0, 0.1) is 12.8 Å². The first-order valence-corrected chi connectivity index (χ1v) is 10.6. The summed E-state index contributed by atoms with van der Waals surface area (Å²) in [5, 5.41) is 5.52. The van der Waals surface area contributed by atoms with E-state index in [2.05, 4.69) is 33.1 Å². The number of benzene rings is 2. The van der Waals surface area contributed by atoms with E-state index in [9.17, 15) is 14.4 Å². The molecule has 2 N–H and O–H groups in total. The van der Waals surface area contributed by atoms with Crippen LogP contribution >= 0.6 is 15.9 Å². The van der Waals surface area contributed by atoms with E-state index in [0.29, 0.717) is 30.2 Å². The molecule has 31 heavy (non-hydrogen) atoms. The Kier molecular flexibility index (Phi) is 7.46. The molecule has 3 rings (SSSR count). The summed E-state index contributed by atoms with van der Waals surface area (Å²) in [5.41, 5.74) is 2.44. The number of carbonyl (C=O) groups excluding carboxylic acids is 3. The molecular weight excluding hydrogens is 462 g/mol. The first kappa shape index (κ1) is 22.6. The molecule has 1 heterocycles. The fourth-order valence-electron chi connectivity index (χ4n) is 3.23. The molecule has 8 heteroatoms. The van der Waals surface area contributed by atoms with Gasteiger partial charge in [0.15, 0.2) is 6.61 Å². The van der Waals surface area contributed by atoms with Gasteiger partial charge in [0.2, 0.25) is 11.8 Å². The SMILES string of the molecule is C=CCNC(=O)[C@@H]1CC(=O)N(c2ccc(OCC(=O)Nc3ccc(C)cc3Br)cc2)C1. The van der Waals surface area contributed by atoms with Crippen LogP contribution in [0.2, 0.25) is 0 Å². The van der Waals surface area contributed by atoms with Crippen LogP contribution in [0.1, 0.15) is 12.0 Å². The highest BCUT2D eigenvalue weighted by Crippen LogP contribution is 2.27. The van der Waals surface area contributed by atoms with Crippen LogP contribution in [0.15, 0.2) is 59.6 Å². The van der Waals surface area contributed by atoms with Crippen LogP contribution in [0.5, 0.6) is 5.75 Å². The number of nitrogens with zero attached hydrogens (tertiary/aromatic N) is 1. The lowest BCUT2D eigenvalue weighted by Crippen LogP contribution is -2.32. The quantitative estimate of drug-likeness (QED) is 0.560. The number of amides is 3. The number of aryl methyl sites for hydroxylation is 1. The predicted molar refractivity (Wildman–Crippen MR) is 123 cm³/mol. The molecule has 0 bridgehead atoms. The highest BCUT2D eigenvalue weighted by Gasteiger charge is 2.34. The third kappa shape index (κ3) is 5.95. The second-order valence-corrected chi connectivity index (χ2v) is 8.11. The molecule has 0 spiro atoms. The Balaban J connectivity index is 1.53. The number of halogens is 1. The van der Waals surface area contributed by atoms with Crippen molar-refractivity contribution in [3.05, 3.63) is 65.2 Å². The van der Waals surface area contributed by atoms with Crippen LogP contribution < -0.4 is 20.3 Å². The van der Waals surface area contributed by atoms with Crippen molar-refractivity contribution in [1.29, 1.82) is 0 Å². The summed E-state index contributed by atoms with van der Waals surface area (Å²) < 4.78 is 6.35. The number of hydrogen-bond acceptors (Lipinski definition) is 4. The minimum Gasteiger partial charge on any atom is -0.484 e. The Morgan fingerprint density at radius 1 is 1.26 bits per heavy atom. The summed E-state index contributed by atoms with van der Waals surface area (Å²) in [6.45, 7) is 6.10. The smallest absolute Gasteiger partial charge is 0.262 e. The average molecular weight is 486 g/mol. The molecular formula is C23H24BrN3O4. The van der Waals surface area contributed by atoms with E-state index in [4.69, 9.17) is 4.74 Å². The summed E-state index contributed by atoms with van der Waals surface area (Å²) in [7, 11) is 0. The Labute approximate surface area is 189 Å². The van der Waals surface area contributed by atoms with E-state index in [-0.39, 0.29) is 36.7 Å². The normalized spacial score (nSPS) is 15.5. The van der Waals surface area contributed by atoms with Gasteiger partial charge in [-0.3, -0.25) is 14.4 Å². The van der Waals surface area contributed by atoms with Gasteiger partial charge in [-0.25, -0.2) is 0 Å². The topological polar surface area (TPSA) is 87.7 Å². The Bertz CT molecular complexity index is 991. The van der Waals surface area contributed by atoms with Gasteiger partial charge in [-0.2, -0.15) is 0 Å². The lowest BCUT2D eigenvalue weighted by molar-refractivity contribution is -0.126. The largest absolute Gasteiger partial charge is 0.484 e. The summed E-state index contributed by atoms with van der Waals surface area (Å²) in [6, 6.07) is 12.5. The highest BCUT2D eigenvalue weighted by molar-refractivity contribution is 9.10.